The van der Waals surface area contributed by atoms with E-state index in [2.05, 4.69) is 5.32 Å². The van der Waals surface area contributed by atoms with Crippen LogP contribution in [-0.2, 0) is 32.1 Å². The minimum Gasteiger partial charge on any atom is -0.497 e. The number of ether oxygens (including phenoxy) is 4. The molecule has 1 N–H and O–H groups in total. The third-order valence-corrected chi connectivity index (χ3v) is 6.35. The quantitative estimate of drug-likeness (QED) is 0.369. The molecule has 8 heteroatoms. The lowest BCUT2D eigenvalue weighted by Crippen LogP contribution is -2.26. The molecule has 200 valence electrons. The Bertz CT molecular complexity index is 1450. The number of amides is 1. The maximum Gasteiger partial charge on any atom is 0.259 e. The fourth-order valence-electron chi connectivity index (χ4n) is 4.20. The number of hydrogen-bond donors (Lipinski definition) is 1. The van der Waals surface area contributed by atoms with Crippen LogP contribution in [0.4, 0.5) is 5.69 Å². The lowest BCUT2D eigenvalue weighted by molar-refractivity contribution is -0.121. The van der Waals surface area contributed by atoms with Gasteiger partial charge in [0.05, 0.1) is 26.9 Å². The highest BCUT2D eigenvalue weighted by Gasteiger charge is 2.34. The summed E-state index contributed by atoms with van der Waals surface area (Å²) in [5.41, 5.74) is 3.11. The predicted molar refractivity (Wildman–Crippen MR) is 146 cm³/mol. The third-order valence-electron chi connectivity index (χ3n) is 6.35. The lowest BCUT2D eigenvalue weighted by atomic mass is 9.88. The first-order chi connectivity index (χ1) is 18.9. The molecule has 4 rings (SSSR count). The van der Waals surface area contributed by atoms with Gasteiger partial charge >= 0.3 is 0 Å². The molecule has 3 aromatic carbocycles. The summed E-state index contributed by atoms with van der Waals surface area (Å²) in [6.07, 6.45) is 0.141. The van der Waals surface area contributed by atoms with E-state index in [-0.39, 0.29) is 36.0 Å². The van der Waals surface area contributed by atoms with Crippen molar-refractivity contribution < 1.29 is 33.3 Å². The third kappa shape index (κ3) is 6.01. The number of rotatable bonds is 10. The second-order valence-corrected chi connectivity index (χ2v) is 8.79. The van der Waals surface area contributed by atoms with Crippen molar-refractivity contribution in [2.75, 3.05) is 26.6 Å². The Morgan fingerprint density at radius 1 is 0.769 bits per heavy atom. The van der Waals surface area contributed by atoms with Crippen LogP contribution in [0.25, 0.3) is 0 Å². The molecule has 1 amide bonds. The van der Waals surface area contributed by atoms with Crippen LogP contribution < -0.4 is 14.8 Å². The molecule has 0 unspecified atom stereocenters. The fraction of sp³-hybridized carbons (Fsp3) is 0.194. The number of Topliss-reactive ketones (excluding diaryl/α,β-unsaturated/α-hetero) is 2. The summed E-state index contributed by atoms with van der Waals surface area (Å²) in [5, 5.41) is 2.87. The predicted octanol–water partition coefficient (Wildman–Crippen LogP) is 5.04. The minimum atomic E-state index is -0.417. The van der Waals surface area contributed by atoms with Gasteiger partial charge in [0.15, 0.2) is 0 Å². The molecule has 1 aliphatic rings. The molecule has 3 aromatic rings. The standard InChI is InChI=1S/C31H29NO7/c1-19-25(28(34)30(38-4)29(37-3)27(19)33)16-21-10-15-24(26(17-21)39-18-20-8-6-5-7-9-20)31(35)32-22-11-13-23(36-2)14-12-22/h5-15,17H,16,18H2,1-4H3,(H,32,35). The Morgan fingerprint density at radius 3 is 2.08 bits per heavy atom. The van der Waals surface area contributed by atoms with Gasteiger partial charge in [-0.3, -0.25) is 14.4 Å². The summed E-state index contributed by atoms with van der Waals surface area (Å²) >= 11 is 0. The average Bonchev–Trinajstić information content (AvgIpc) is 2.96. The zero-order valence-electron chi connectivity index (χ0n) is 22.2. The lowest BCUT2D eigenvalue weighted by Gasteiger charge is -2.21. The fourth-order valence-corrected chi connectivity index (χ4v) is 4.20. The van der Waals surface area contributed by atoms with Gasteiger partial charge in [-0.25, -0.2) is 0 Å². The Morgan fingerprint density at radius 2 is 1.44 bits per heavy atom. The number of ketones is 2. The van der Waals surface area contributed by atoms with Crippen LogP contribution in [0.15, 0.2) is 95.5 Å². The molecule has 0 saturated carbocycles. The second kappa shape index (κ2) is 12.1. The van der Waals surface area contributed by atoms with Crippen LogP contribution in [0, 0.1) is 0 Å². The van der Waals surface area contributed by atoms with E-state index in [9.17, 15) is 14.4 Å². The highest BCUT2D eigenvalue weighted by molar-refractivity contribution is 6.23. The van der Waals surface area contributed by atoms with Crippen LogP contribution in [0.1, 0.15) is 28.4 Å². The van der Waals surface area contributed by atoms with Gasteiger partial charge < -0.3 is 24.3 Å². The van der Waals surface area contributed by atoms with Gasteiger partial charge in [0, 0.05) is 23.3 Å². The van der Waals surface area contributed by atoms with E-state index in [0.29, 0.717) is 33.9 Å². The number of allylic oxidation sites excluding steroid dienone is 2. The molecule has 0 fully saturated rings. The van der Waals surface area contributed by atoms with E-state index in [1.807, 2.05) is 30.3 Å². The van der Waals surface area contributed by atoms with Gasteiger partial charge in [-0.05, 0) is 54.4 Å². The van der Waals surface area contributed by atoms with Crippen molar-refractivity contribution in [3.05, 3.63) is 112 Å². The molecular weight excluding hydrogens is 498 g/mol. The molecule has 0 heterocycles. The number of methoxy groups -OCH3 is 3. The van der Waals surface area contributed by atoms with Crippen LogP contribution >= 0.6 is 0 Å². The number of carbonyl (C=O) groups is 3. The number of benzene rings is 3. The SMILES string of the molecule is COC1=C(OC)C(=O)C(Cc2ccc(C(=O)Nc3ccc(OC)cc3)c(OCc3ccccc3)c2)=C(C)C1=O. The van der Waals surface area contributed by atoms with Gasteiger partial charge in [-0.1, -0.05) is 36.4 Å². The first-order valence-electron chi connectivity index (χ1n) is 12.2. The van der Waals surface area contributed by atoms with E-state index < -0.39 is 11.6 Å². The molecular formula is C31H29NO7. The molecule has 8 nitrogen and oxygen atoms in total. The van der Waals surface area contributed by atoms with Crippen LogP contribution in [0.5, 0.6) is 11.5 Å². The summed E-state index contributed by atoms with van der Waals surface area (Å²) in [6, 6.07) is 21.7. The maximum absolute atomic E-state index is 13.2. The van der Waals surface area contributed by atoms with Crippen molar-refractivity contribution in [1.82, 2.24) is 0 Å². The number of hydrogen-bond acceptors (Lipinski definition) is 7. The van der Waals surface area contributed by atoms with Gasteiger partial charge in [-0.15, -0.1) is 0 Å². The highest BCUT2D eigenvalue weighted by Crippen LogP contribution is 2.30. The molecule has 0 spiro atoms. The number of carbonyl (C=O) groups excluding carboxylic acids is 3. The average molecular weight is 528 g/mol. The topological polar surface area (TPSA) is 100 Å². The zero-order valence-corrected chi connectivity index (χ0v) is 22.2. The number of nitrogens with one attached hydrogen (secondary N) is 1. The van der Waals surface area contributed by atoms with E-state index in [1.54, 1.807) is 56.5 Å². The second-order valence-electron chi connectivity index (χ2n) is 8.79. The first kappa shape index (κ1) is 27.2. The van der Waals surface area contributed by atoms with Gasteiger partial charge in [0.1, 0.15) is 18.1 Å². The molecule has 0 aliphatic heterocycles. The Kier molecular flexibility index (Phi) is 8.46. The minimum absolute atomic E-state index is 0.110. The van der Waals surface area contributed by atoms with Gasteiger partial charge in [0.25, 0.3) is 5.91 Å². The van der Waals surface area contributed by atoms with E-state index in [1.165, 1.54) is 14.2 Å². The van der Waals surface area contributed by atoms with Gasteiger partial charge in [-0.2, -0.15) is 0 Å². The summed E-state index contributed by atoms with van der Waals surface area (Å²) in [4.78, 5) is 39.2. The summed E-state index contributed by atoms with van der Waals surface area (Å²) in [6.45, 7) is 1.82. The summed E-state index contributed by atoms with van der Waals surface area (Å²) in [7, 11) is 4.22. The Hall–Kier alpha value is -4.85. The zero-order chi connectivity index (χ0) is 27.9. The van der Waals surface area contributed by atoms with Crippen molar-refractivity contribution in [2.24, 2.45) is 0 Å². The molecule has 0 radical (unpaired) electrons. The van der Waals surface area contributed by atoms with Crippen molar-refractivity contribution in [1.29, 1.82) is 0 Å². The smallest absolute Gasteiger partial charge is 0.259 e. The van der Waals surface area contributed by atoms with Crippen LogP contribution in [0.3, 0.4) is 0 Å². The first-order valence-corrected chi connectivity index (χ1v) is 12.2. The molecule has 1 aliphatic carbocycles. The van der Waals surface area contributed by atoms with E-state index in [0.717, 1.165) is 5.56 Å². The summed E-state index contributed by atoms with van der Waals surface area (Å²) in [5.74, 6) is -0.396. The monoisotopic (exact) mass is 527 g/mol. The van der Waals surface area contributed by atoms with E-state index in [4.69, 9.17) is 18.9 Å². The van der Waals surface area contributed by atoms with Crippen LogP contribution in [0.2, 0.25) is 0 Å². The number of anilines is 1. The van der Waals surface area contributed by atoms with Crippen molar-refractivity contribution in [3.8, 4) is 11.5 Å². The molecule has 0 bridgehead atoms. The molecule has 0 saturated heterocycles. The largest absolute Gasteiger partial charge is 0.497 e. The van der Waals surface area contributed by atoms with Crippen molar-refractivity contribution in [2.45, 2.75) is 20.0 Å². The molecule has 39 heavy (non-hydrogen) atoms. The molecule has 0 aromatic heterocycles. The normalized spacial score (nSPS) is 13.3. The van der Waals surface area contributed by atoms with E-state index >= 15 is 0 Å². The van der Waals surface area contributed by atoms with Crippen molar-refractivity contribution in [3.63, 3.8) is 0 Å². The maximum atomic E-state index is 13.2. The van der Waals surface area contributed by atoms with Crippen LogP contribution in [-0.4, -0.2) is 38.8 Å². The molecule has 0 atom stereocenters. The Labute approximate surface area is 226 Å². The Balaban J connectivity index is 1.64. The van der Waals surface area contributed by atoms with Crippen molar-refractivity contribution >= 4 is 23.2 Å². The highest BCUT2D eigenvalue weighted by atomic mass is 16.5. The van der Waals surface area contributed by atoms with Gasteiger partial charge in [0.2, 0.25) is 23.1 Å². The summed E-state index contributed by atoms with van der Waals surface area (Å²) < 4.78 is 21.6.